The summed E-state index contributed by atoms with van der Waals surface area (Å²) in [5.74, 6) is -1.01. The summed E-state index contributed by atoms with van der Waals surface area (Å²) in [5, 5.41) is 3.37. The van der Waals surface area contributed by atoms with Gasteiger partial charge in [-0.15, -0.1) is 0 Å². The number of carbonyl (C=O) groups excluding carboxylic acids is 1. The standard InChI is InChI=1S/C13H21N3O4S/c1-9-10(7-14-16(9)2)8-15-21(18,19)12-6-4-5-11(12)13(17)20-3/h7,11-12,15H,4-6,8H2,1-3H3/t11-,12+/m0/s1. The van der Waals surface area contributed by atoms with Crippen LogP contribution in [0.1, 0.15) is 30.5 Å². The highest BCUT2D eigenvalue weighted by Crippen LogP contribution is 2.31. The second-order valence-electron chi connectivity index (χ2n) is 5.34. The van der Waals surface area contributed by atoms with Crippen LogP contribution in [0, 0.1) is 12.8 Å². The van der Waals surface area contributed by atoms with Crippen molar-refractivity contribution in [2.45, 2.75) is 38.0 Å². The predicted octanol–water partition coefficient (Wildman–Crippen LogP) is 0.490. The molecule has 21 heavy (non-hydrogen) atoms. The van der Waals surface area contributed by atoms with E-state index in [0.717, 1.165) is 17.7 Å². The van der Waals surface area contributed by atoms with Crippen LogP contribution >= 0.6 is 0 Å². The van der Waals surface area contributed by atoms with Crippen molar-refractivity contribution in [1.29, 1.82) is 0 Å². The van der Waals surface area contributed by atoms with Gasteiger partial charge in [0.15, 0.2) is 0 Å². The number of hydrogen-bond acceptors (Lipinski definition) is 5. The van der Waals surface area contributed by atoms with Crippen molar-refractivity contribution in [3.05, 3.63) is 17.5 Å². The van der Waals surface area contributed by atoms with Crippen LogP contribution in [0.15, 0.2) is 6.20 Å². The lowest BCUT2D eigenvalue weighted by atomic mass is 10.1. The number of carbonyl (C=O) groups is 1. The molecule has 0 aliphatic heterocycles. The fraction of sp³-hybridized carbons (Fsp3) is 0.692. The summed E-state index contributed by atoms with van der Waals surface area (Å²) in [6, 6.07) is 0. The monoisotopic (exact) mass is 315 g/mol. The molecule has 2 atom stereocenters. The third-order valence-electron chi connectivity index (χ3n) is 4.16. The van der Waals surface area contributed by atoms with Gasteiger partial charge >= 0.3 is 5.97 Å². The number of rotatable bonds is 5. The van der Waals surface area contributed by atoms with Gasteiger partial charge in [0.25, 0.3) is 0 Å². The molecule has 0 radical (unpaired) electrons. The molecule has 0 aromatic carbocycles. The lowest BCUT2D eigenvalue weighted by molar-refractivity contribution is -0.145. The van der Waals surface area contributed by atoms with Crippen LogP contribution in [0.25, 0.3) is 0 Å². The Morgan fingerprint density at radius 1 is 1.52 bits per heavy atom. The van der Waals surface area contributed by atoms with Crippen molar-refractivity contribution < 1.29 is 17.9 Å². The molecule has 7 nitrogen and oxygen atoms in total. The number of esters is 1. The van der Waals surface area contributed by atoms with Crippen molar-refractivity contribution in [3.63, 3.8) is 0 Å². The van der Waals surface area contributed by atoms with E-state index in [0.29, 0.717) is 12.8 Å². The van der Waals surface area contributed by atoms with E-state index in [-0.39, 0.29) is 6.54 Å². The van der Waals surface area contributed by atoms with Crippen LogP contribution in [0.3, 0.4) is 0 Å². The van der Waals surface area contributed by atoms with Gasteiger partial charge in [0, 0.05) is 24.8 Å². The molecule has 0 saturated heterocycles. The maximum absolute atomic E-state index is 12.4. The predicted molar refractivity (Wildman–Crippen MR) is 76.8 cm³/mol. The minimum atomic E-state index is -3.56. The van der Waals surface area contributed by atoms with Crippen molar-refractivity contribution in [2.24, 2.45) is 13.0 Å². The van der Waals surface area contributed by atoms with E-state index in [2.05, 4.69) is 9.82 Å². The van der Waals surface area contributed by atoms with Gasteiger partial charge in [-0.3, -0.25) is 9.48 Å². The second kappa shape index (κ2) is 6.15. The van der Waals surface area contributed by atoms with Gasteiger partial charge < -0.3 is 4.74 Å². The number of hydrogen-bond donors (Lipinski definition) is 1. The SMILES string of the molecule is COC(=O)[C@H]1CCC[C@H]1S(=O)(=O)NCc1cnn(C)c1C. The molecule has 8 heteroatoms. The first kappa shape index (κ1) is 16.0. The molecular formula is C13H21N3O4S. The van der Waals surface area contributed by atoms with Gasteiger partial charge in [0.05, 0.1) is 24.5 Å². The minimum Gasteiger partial charge on any atom is -0.469 e. The average molecular weight is 315 g/mol. The Morgan fingerprint density at radius 2 is 2.24 bits per heavy atom. The second-order valence-corrected chi connectivity index (χ2v) is 7.33. The molecule has 1 saturated carbocycles. The molecule has 1 aliphatic rings. The lowest BCUT2D eigenvalue weighted by Gasteiger charge is -2.18. The molecular weight excluding hydrogens is 294 g/mol. The zero-order valence-corrected chi connectivity index (χ0v) is 13.3. The van der Waals surface area contributed by atoms with Crippen molar-refractivity contribution >= 4 is 16.0 Å². The highest BCUT2D eigenvalue weighted by molar-refractivity contribution is 7.90. The summed E-state index contributed by atoms with van der Waals surface area (Å²) in [6.45, 7) is 2.07. The number of ether oxygens (including phenoxy) is 1. The zero-order valence-electron chi connectivity index (χ0n) is 12.5. The van der Waals surface area contributed by atoms with E-state index >= 15 is 0 Å². The summed E-state index contributed by atoms with van der Waals surface area (Å²) < 4.78 is 33.8. The van der Waals surface area contributed by atoms with Crippen LogP contribution in [0.4, 0.5) is 0 Å². The molecule has 118 valence electrons. The third-order valence-corrected chi connectivity index (χ3v) is 6.06. The first-order chi connectivity index (χ1) is 9.86. The van der Waals surface area contributed by atoms with Crippen molar-refractivity contribution in [3.8, 4) is 0 Å². The third kappa shape index (κ3) is 3.26. The van der Waals surface area contributed by atoms with E-state index < -0.39 is 27.2 Å². The molecule has 1 heterocycles. The molecule has 2 rings (SSSR count). The van der Waals surface area contributed by atoms with Gasteiger partial charge in [-0.05, 0) is 19.8 Å². The Morgan fingerprint density at radius 3 is 2.81 bits per heavy atom. The number of aryl methyl sites for hydroxylation is 1. The maximum atomic E-state index is 12.4. The summed E-state index contributed by atoms with van der Waals surface area (Å²) >= 11 is 0. The molecule has 0 bridgehead atoms. The van der Waals surface area contributed by atoms with Crippen LogP contribution in [-0.4, -0.2) is 36.5 Å². The van der Waals surface area contributed by atoms with E-state index in [9.17, 15) is 13.2 Å². The van der Waals surface area contributed by atoms with Gasteiger partial charge in [-0.2, -0.15) is 5.10 Å². The Balaban J connectivity index is 2.08. The van der Waals surface area contributed by atoms with E-state index in [1.165, 1.54) is 7.11 Å². The molecule has 1 aliphatic carbocycles. The largest absolute Gasteiger partial charge is 0.469 e. The fourth-order valence-corrected chi connectivity index (χ4v) is 4.45. The quantitative estimate of drug-likeness (QED) is 0.799. The maximum Gasteiger partial charge on any atom is 0.310 e. The van der Waals surface area contributed by atoms with Crippen LogP contribution in [-0.2, 0) is 33.1 Å². The molecule has 1 fully saturated rings. The molecule has 0 spiro atoms. The average Bonchev–Trinajstić information content (AvgIpc) is 3.05. The highest BCUT2D eigenvalue weighted by atomic mass is 32.2. The Labute approximate surface area is 124 Å². The summed E-state index contributed by atoms with van der Waals surface area (Å²) in [7, 11) is -0.466. The van der Waals surface area contributed by atoms with Crippen LogP contribution < -0.4 is 4.72 Å². The van der Waals surface area contributed by atoms with Crippen molar-refractivity contribution in [1.82, 2.24) is 14.5 Å². The number of methoxy groups -OCH3 is 1. The minimum absolute atomic E-state index is 0.187. The van der Waals surface area contributed by atoms with E-state index in [1.54, 1.807) is 17.9 Å². The summed E-state index contributed by atoms with van der Waals surface area (Å²) in [5.41, 5.74) is 1.74. The van der Waals surface area contributed by atoms with E-state index in [1.807, 2.05) is 6.92 Å². The smallest absolute Gasteiger partial charge is 0.310 e. The van der Waals surface area contributed by atoms with Gasteiger partial charge in [0.2, 0.25) is 10.0 Å². The number of sulfonamides is 1. The first-order valence-electron chi connectivity index (χ1n) is 6.90. The molecule has 0 unspecified atom stereocenters. The molecule has 0 amide bonds. The van der Waals surface area contributed by atoms with Crippen molar-refractivity contribution in [2.75, 3.05) is 7.11 Å². The molecule has 1 N–H and O–H groups in total. The topological polar surface area (TPSA) is 90.3 Å². The van der Waals surface area contributed by atoms with E-state index in [4.69, 9.17) is 4.74 Å². The van der Waals surface area contributed by atoms with Gasteiger partial charge in [0.1, 0.15) is 0 Å². The Bertz CT molecular complexity index is 623. The molecule has 1 aromatic heterocycles. The number of nitrogens with one attached hydrogen (secondary N) is 1. The number of aromatic nitrogens is 2. The zero-order chi connectivity index (χ0) is 15.6. The van der Waals surface area contributed by atoms with Gasteiger partial charge in [-0.25, -0.2) is 13.1 Å². The Hall–Kier alpha value is -1.41. The lowest BCUT2D eigenvalue weighted by Crippen LogP contribution is -2.39. The Kier molecular flexibility index (Phi) is 4.67. The first-order valence-corrected chi connectivity index (χ1v) is 8.45. The van der Waals surface area contributed by atoms with Gasteiger partial charge in [-0.1, -0.05) is 6.42 Å². The van der Waals surface area contributed by atoms with Crippen LogP contribution in [0.2, 0.25) is 0 Å². The molecule has 1 aromatic rings. The fourth-order valence-electron chi connectivity index (χ4n) is 2.72. The summed E-state index contributed by atoms with van der Waals surface area (Å²) in [4.78, 5) is 11.7. The van der Waals surface area contributed by atoms with Crippen LogP contribution in [0.5, 0.6) is 0 Å². The normalized spacial score (nSPS) is 22.4. The highest BCUT2D eigenvalue weighted by Gasteiger charge is 2.42. The number of nitrogens with zero attached hydrogens (tertiary/aromatic N) is 2. The summed E-state index contributed by atoms with van der Waals surface area (Å²) in [6.07, 6.45) is 3.41.